The van der Waals surface area contributed by atoms with Crippen LogP contribution in [0.3, 0.4) is 0 Å². The molecule has 2 aromatic carbocycles. The Labute approximate surface area is 474 Å². The zero-order chi connectivity index (χ0) is 55.8. The molecular formula is C71H118N2O4. The largest absolute Gasteiger partial charge is 0.294 e. The highest BCUT2D eigenvalue weighted by Gasteiger charge is 2.21. The van der Waals surface area contributed by atoms with E-state index in [4.69, 9.17) is 9.98 Å². The minimum absolute atomic E-state index is 0.0411. The van der Waals surface area contributed by atoms with Crippen LogP contribution in [0.2, 0.25) is 0 Å². The van der Waals surface area contributed by atoms with E-state index in [0.717, 1.165) is 133 Å². The van der Waals surface area contributed by atoms with Gasteiger partial charge in [-0.1, -0.05) is 266 Å². The lowest BCUT2D eigenvalue weighted by Crippen LogP contribution is -2.15. The summed E-state index contributed by atoms with van der Waals surface area (Å²) in [7, 11) is 0. The normalized spacial score (nSPS) is 12.0. The summed E-state index contributed by atoms with van der Waals surface area (Å²) in [6, 6.07) is 11.4. The van der Waals surface area contributed by atoms with Crippen LogP contribution in [0, 0.1) is 0 Å². The lowest BCUT2D eigenvalue weighted by Gasteiger charge is -2.14. The van der Waals surface area contributed by atoms with E-state index in [1.165, 1.54) is 154 Å². The zero-order valence-corrected chi connectivity index (χ0v) is 51.2. The third-order valence-electron chi connectivity index (χ3n) is 15.9. The van der Waals surface area contributed by atoms with Gasteiger partial charge in [0.2, 0.25) is 0 Å². The molecule has 0 N–H and O–H groups in total. The minimum Gasteiger partial charge on any atom is -0.294 e. The highest BCUT2D eigenvalue weighted by molar-refractivity contribution is 6.43. The first-order chi connectivity index (χ1) is 37.7. The lowest BCUT2D eigenvalue weighted by atomic mass is 9.93. The Bertz CT molecular complexity index is 1910. The van der Waals surface area contributed by atoms with E-state index in [2.05, 4.69) is 41.5 Å². The van der Waals surface area contributed by atoms with Crippen molar-refractivity contribution in [2.24, 2.45) is 9.98 Å². The van der Waals surface area contributed by atoms with Crippen molar-refractivity contribution < 1.29 is 19.2 Å². The van der Waals surface area contributed by atoms with Crippen LogP contribution in [-0.2, 0) is 0 Å². The molecular weight excluding hydrogens is 945 g/mol. The lowest BCUT2D eigenvalue weighted by molar-refractivity contribution is 0.0946. The molecule has 0 saturated heterocycles. The number of benzene rings is 2. The molecule has 0 heterocycles. The van der Waals surface area contributed by atoms with Crippen LogP contribution >= 0.6 is 0 Å². The second-order valence-corrected chi connectivity index (χ2v) is 23.1. The number of Topliss-reactive ketones (excluding diaryl/α,β-unsaturated/α-hetero) is 4. The predicted octanol–water partition coefficient (Wildman–Crippen LogP) is 23.7. The Kier molecular flexibility index (Phi) is 43.7. The smallest absolute Gasteiger partial charge is 0.163 e. The first kappa shape index (κ1) is 69.6. The fourth-order valence-electron chi connectivity index (χ4n) is 10.8. The molecule has 436 valence electrons. The molecule has 0 amide bonds. The number of aliphatic imine (C=N–C) groups is 2. The summed E-state index contributed by atoms with van der Waals surface area (Å²) in [5.41, 5.74) is 5.28. The average molecular weight is 1060 g/mol. The van der Waals surface area contributed by atoms with Gasteiger partial charge in [-0.2, -0.15) is 0 Å². The van der Waals surface area contributed by atoms with E-state index in [1.54, 1.807) is 0 Å². The fourth-order valence-corrected chi connectivity index (χ4v) is 10.8. The van der Waals surface area contributed by atoms with Crippen molar-refractivity contribution in [3.8, 4) is 0 Å². The van der Waals surface area contributed by atoms with Crippen LogP contribution in [0.25, 0.3) is 0 Å². The second kappa shape index (κ2) is 48.4. The van der Waals surface area contributed by atoms with Crippen molar-refractivity contribution in [3.05, 3.63) is 58.7 Å². The van der Waals surface area contributed by atoms with Crippen LogP contribution in [0.15, 0.2) is 46.4 Å². The van der Waals surface area contributed by atoms with E-state index in [1.807, 2.05) is 36.4 Å². The SMILES string of the molecule is CCCCCCCCCCCC(=O)c1ccc(N=C(CCCC)C(CCCCC)=Nc2ccc(C(=O)CCCCCCCCCCC)c(C(=O)CCCCCCCCCCC)c2)cc1C(=O)CCCCCCCCCCC. The molecule has 2 rings (SSSR count). The van der Waals surface area contributed by atoms with Crippen LogP contribution in [0.1, 0.15) is 385 Å². The van der Waals surface area contributed by atoms with E-state index < -0.39 is 0 Å². The minimum atomic E-state index is 0.0411. The standard InChI is InChI=1S/C71H118N2O4/c1-7-13-19-23-27-31-35-39-44-50-68(74)62-56-54-60(58-64(62)70(76)52-46-41-37-33-29-25-21-15-9-3)72-66(48-18-12-6)67(49-43-17-11-5)73-61-55-57-63(69(75)51-45-40-36-32-28-24-20-14-8-2)65(59-61)71(77)53-47-42-38-34-30-26-22-16-10-4/h54-59H,7-53H2,1-6H3. The van der Waals surface area contributed by atoms with Crippen molar-refractivity contribution in [2.45, 2.75) is 343 Å². The number of rotatable bonds is 54. The van der Waals surface area contributed by atoms with E-state index in [-0.39, 0.29) is 23.1 Å². The van der Waals surface area contributed by atoms with Gasteiger partial charge >= 0.3 is 0 Å². The van der Waals surface area contributed by atoms with Gasteiger partial charge in [-0.15, -0.1) is 0 Å². The number of carbonyl (C=O) groups is 4. The van der Waals surface area contributed by atoms with Crippen molar-refractivity contribution in [3.63, 3.8) is 0 Å². The Morgan fingerprint density at radius 3 is 0.727 bits per heavy atom. The predicted molar refractivity (Wildman–Crippen MR) is 335 cm³/mol. The molecule has 0 atom stereocenters. The number of carbonyl (C=O) groups excluding carboxylic acids is 4. The molecule has 2 aromatic rings. The molecule has 6 nitrogen and oxygen atoms in total. The maximum absolute atomic E-state index is 14.2. The Hall–Kier alpha value is -3.54. The van der Waals surface area contributed by atoms with Crippen LogP contribution in [0.4, 0.5) is 11.4 Å². The topological polar surface area (TPSA) is 93.0 Å². The molecule has 0 aromatic heterocycles. The maximum atomic E-state index is 14.2. The summed E-state index contributed by atoms with van der Waals surface area (Å²) in [6.07, 6.45) is 51.0. The Balaban J connectivity index is 2.52. The van der Waals surface area contributed by atoms with Crippen molar-refractivity contribution >= 4 is 45.9 Å². The van der Waals surface area contributed by atoms with Gasteiger partial charge in [-0.05, 0) is 87.8 Å². The van der Waals surface area contributed by atoms with Gasteiger partial charge in [0.15, 0.2) is 23.1 Å². The summed E-state index contributed by atoms with van der Waals surface area (Å²) < 4.78 is 0. The highest BCUT2D eigenvalue weighted by atomic mass is 16.1. The molecule has 0 aliphatic carbocycles. The Morgan fingerprint density at radius 2 is 0.455 bits per heavy atom. The van der Waals surface area contributed by atoms with Gasteiger partial charge in [0.1, 0.15) is 0 Å². The monoisotopic (exact) mass is 1060 g/mol. The molecule has 0 unspecified atom stereocenters. The molecule has 6 heteroatoms. The zero-order valence-electron chi connectivity index (χ0n) is 51.2. The quantitative estimate of drug-likeness (QED) is 0.0375. The summed E-state index contributed by atoms with van der Waals surface area (Å²) in [5, 5.41) is 0. The number of hydrogen-bond donors (Lipinski definition) is 0. The van der Waals surface area contributed by atoms with Gasteiger partial charge in [0, 0.05) is 47.9 Å². The van der Waals surface area contributed by atoms with E-state index in [0.29, 0.717) is 59.3 Å². The number of ketones is 4. The molecule has 0 aliphatic rings. The van der Waals surface area contributed by atoms with E-state index >= 15 is 0 Å². The maximum Gasteiger partial charge on any atom is 0.163 e. The van der Waals surface area contributed by atoms with Crippen molar-refractivity contribution in [2.75, 3.05) is 0 Å². The Morgan fingerprint density at radius 1 is 0.247 bits per heavy atom. The highest BCUT2D eigenvalue weighted by Crippen LogP contribution is 2.28. The molecule has 0 bridgehead atoms. The average Bonchev–Trinajstić information content (AvgIpc) is 3.44. The van der Waals surface area contributed by atoms with Gasteiger partial charge in [0.25, 0.3) is 0 Å². The van der Waals surface area contributed by atoms with Gasteiger partial charge < -0.3 is 0 Å². The third-order valence-corrected chi connectivity index (χ3v) is 15.9. The first-order valence-electron chi connectivity index (χ1n) is 33.3. The summed E-state index contributed by atoms with van der Waals surface area (Å²) in [4.78, 5) is 67.2. The molecule has 0 radical (unpaired) electrons. The van der Waals surface area contributed by atoms with Gasteiger partial charge in [0.05, 0.1) is 22.8 Å². The molecule has 0 fully saturated rings. The first-order valence-corrected chi connectivity index (χ1v) is 33.3. The summed E-state index contributed by atoms with van der Waals surface area (Å²) in [6.45, 7) is 13.4. The number of hydrogen-bond acceptors (Lipinski definition) is 6. The second-order valence-electron chi connectivity index (χ2n) is 23.1. The van der Waals surface area contributed by atoms with Gasteiger partial charge in [-0.3, -0.25) is 29.2 Å². The summed E-state index contributed by atoms with van der Waals surface area (Å²) >= 11 is 0. The van der Waals surface area contributed by atoms with Crippen LogP contribution in [0.5, 0.6) is 0 Å². The molecule has 0 saturated carbocycles. The van der Waals surface area contributed by atoms with E-state index in [9.17, 15) is 19.2 Å². The summed E-state index contributed by atoms with van der Waals surface area (Å²) in [5.74, 6) is 0.204. The van der Waals surface area contributed by atoms with Crippen molar-refractivity contribution in [1.29, 1.82) is 0 Å². The van der Waals surface area contributed by atoms with Gasteiger partial charge in [-0.25, -0.2) is 0 Å². The number of unbranched alkanes of at least 4 members (excludes halogenated alkanes) is 35. The molecule has 0 aliphatic heterocycles. The molecule has 77 heavy (non-hydrogen) atoms. The van der Waals surface area contributed by atoms with Crippen molar-refractivity contribution in [1.82, 2.24) is 0 Å². The van der Waals surface area contributed by atoms with Crippen LogP contribution < -0.4 is 0 Å². The third kappa shape index (κ3) is 33.6. The number of nitrogens with zero attached hydrogens (tertiary/aromatic N) is 2. The molecule has 0 spiro atoms. The fraction of sp³-hybridized carbons (Fsp3) is 0.746. The van der Waals surface area contributed by atoms with Crippen LogP contribution in [-0.4, -0.2) is 34.6 Å².